The summed E-state index contributed by atoms with van der Waals surface area (Å²) in [7, 11) is 0. The summed E-state index contributed by atoms with van der Waals surface area (Å²) in [6, 6.07) is 4.98. The van der Waals surface area contributed by atoms with Crippen LogP contribution in [-0.4, -0.2) is 36.1 Å². The molecule has 1 aliphatic heterocycles. The number of hydrogen-bond acceptors (Lipinski definition) is 3. The van der Waals surface area contributed by atoms with E-state index < -0.39 is 0 Å². The summed E-state index contributed by atoms with van der Waals surface area (Å²) in [6.07, 6.45) is 5.09. The third-order valence-electron chi connectivity index (χ3n) is 4.40. The van der Waals surface area contributed by atoms with Gasteiger partial charge in [-0.05, 0) is 70.6 Å². The number of nitrogens with one attached hydrogen (secondary N) is 1. The van der Waals surface area contributed by atoms with Crippen LogP contribution >= 0.6 is 11.3 Å². The summed E-state index contributed by atoms with van der Waals surface area (Å²) in [6.45, 7) is 10.7. The van der Waals surface area contributed by atoms with Crippen LogP contribution in [0.5, 0.6) is 0 Å². The van der Waals surface area contributed by atoms with Gasteiger partial charge < -0.3 is 5.32 Å². The summed E-state index contributed by atoms with van der Waals surface area (Å²) >= 11 is 1.88. The molecule has 1 fully saturated rings. The van der Waals surface area contributed by atoms with Crippen LogP contribution in [0, 0.1) is 0 Å². The predicted molar refractivity (Wildman–Crippen MR) is 85.0 cm³/mol. The molecular weight excluding hydrogens is 252 g/mol. The van der Waals surface area contributed by atoms with Gasteiger partial charge in [0.2, 0.25) is 0 Å². The molecule has 1 aromatic heterocycles. The smallest absolute Gasteiger partial charge is 0.0309 e. The minimum absolute atomic E-state index is 0.246. The average molecular weight is 280 g/mol. The van der Waals surface area contributed by atoms with Crippen molar-refractivity contribution in [1.29, 1.82) is 0 Å². The van der Waals surface area contributed by atoms with Crippen LogP contribution < -0.4 is 5.32 Å². The molecule has 0 radical (unpaired) electrons. The molecule has 1 saturated heterocycles. The third kappa shape index (κ3) is 3.80. The van der Waals surface area contributed by atoms with Crippen molar-refractivity contribution in [2.45, 2.75) is 58.0 Å². The Balaban J connectivity index is 2.06. The van der Waals surface area contributed by atoms with E-state index in [1.54, 1.807) is 0 Å². The van der Waals surface area contributed by atoms with Gasteiger partial charge in [0.1, 0.15) is 0 Å². The lowest BCUT2D eigenvalue weighted by Crippen LogP contribution is -2.57. The molecule has 3 heteroatoms. The summed E-state index contributed by atoms with van der Waals surface area (Å²) in [5.74, 6) is 0. The molecule has 2 heterocycles. The van der Waals surface area contributed by atoms with Gasteiger partial charge in [0, 0.05) is 16.5 Å². The first-order chi connectivity index (χ1) is 9.14. The Hall–Kier alpha value is -0.380. The van der Waals surface area contributed by atoms with Crippen molar-refractivity contribution >= 4 is 11.3 Å². The van der Waals surface area contributed by atoms with E-state index in [4.69, 9.17) is 0 Å². The Morgan fingerprint density at radius 3 is 2.68 bits per heavy atom. The highest BCUT2D eigenvalue weighted by Gasteiger charge is 2.36. The zero-order chi connectivity index (χ0) is 13.7. The fourth-order valence-corrected chi connectivity index (χ4v) is 3.79. The molecule has 0 amide bonds. The Morgan fingerprint density at radius 2 is 2.11 bits per heavy atom. The van der Waals surface area contributed by atoms with Crippen molar-refractivity contribution in [3.63, 3.8) is 0 Å². The SMILES string of the molecule is CCCNC(Cc1cccs1)C(C)(C)N1CCCC1. The zero-order valence-corrected chi connectivity index (χ0v) is 13.4. The second-order valence-electron chi connectivity index (χ2n) is 6.14. The Labute approximate surface area is 122 Å². The van der Waals surface area contributed by atoms with Crippen molar-refractivity contribution in [2.75, 3.05) is 19.6 Å². The molecule has 1 N–H and O–H groups in total. The standard InChI is InChI=1S/C16H28N2S/c1-4-9-17-15(13-14-8-7-12-19-14)16(2,3)18-10-5-6-11-18/h7-8,12,15,17H,4-6,9-11,13H2,1-3H3. The maximum absolute atomic E-state index is 3.79. The highest BCUT2D eigenvalue weighted by Crippen LogP contribution is 2.27. The lowest BCUT2D eigenvalue weighted by Gasteiger charge is -2.42. The van der Waals surface area contributed by atoms with E-state index in [0.717, 1.165) is 13.0 Å². The summed E-state index contributed by atoms with van der Waals surface area (Å²) in [5, 5.41) is 5.98. The van der Waals surface area contributed by atoms with Crippen LogP contribution in [0.25, 0.3) is 0 Å². The van der Waals surface area contributed by atoms with Gasteiger partial charge in [0.15, 0.2) is 0 Å². The Morgan fingerprint density at radius 1 is 1.37 bits per heavy atom. The molecule has 0 saturated carbocycles. The van der Waals surface area contributed by atoms with E-state index in [0.29, 0.717) is 6.04 Å². The lowest BCUT2D eigenvalue weighted by atomic mass is 9.89. The van der Waals surface area contributed by atoms with E-state index in [9.17, 15) is 0 Å². The maximum Gasteiger partial charge on any atom is 0.0309 e. The first-order valence-electron chi connectivity index (χ1n) is 7.65. The average Bonchev–Trinajstić information content (AvgIpc) is 3.06. The highest BCUT2D eigenvalue weighted by atomic mass is 32.1. The maximum atomic E-state index is 3.79. The summed E-state index contributed by atoms with van der Waals surface area (Å²) < 4.78 is 0. The fourth-order valence-electron chi connectivity index (χ4n) is 3.03. The molecule has 2 rings (SSSR count). The van der Waals surface area contributed by atoms with Gasteiger partial charge in [0.25, 0.3) is 0 Å². The van der Waals surface area contributed by atoms with Gasteiger partial charge in [0.05, 0.1) is 0 Å². The van der Waals surface area contributed by atoms with Gasteiger partial charge in [-0.25, -0.2) is 0 Å². The molecular formula is C16H28N2S. The van der Waals surface area contributed by atoms with Gasteiger partial charge in [-0.3, -0.25) is 4.90 Å². The molecule has 1 atom stereocenters. The van der Waals surface area contributed by atoms with Gasteiger partial charge in [-0.1, -0.05) is 13.0 Å². The third-order valence-corrected chi connectivity index (χ3v) is 5.30. The molecule has 0 spiro atoms. The first kappa shape index (κ1) is 15.0. The second kappa shape index (κ2) is 6.87. The van der Waals surface area contributed by atoms with Crippen molar-refractivity contribution in [3.05, 3.63) is 22.4 Å². The number of thiophene rings is 1. The van der Waals surface area contributed by atoms with E-state index in [1.165, 1.54) is 37.2 Å². The van der Waals surface area contributed by atoms with Crippen molar-refractivity contribution in [3.8, 4) is 0 Å². The van der Waals surface area contributed by atoms with Crippen molar-refractivity contribution in [1.82, 2.24) is 10.2 Å². The predicted octanol–water partition coefficient (Wildman–Crippen LogP) is 3.53. The van der Waals surface area contributed by atoms with Crippen LogP contribution in [0.3, 0.4) is 0 Å². The minimum atomic E-state index is 0.246. The van der Waals surface area contributed by atoms with E-state index in [-0.39, 0.29) is 5.54 Å². The Bertz CT molecular complexity index is 353. The van der Waals surface area contributed by atoms with Crippen LogP contribution in [0.2, 0.25) is 0 Å². The van der Waals surface area contributed by atoms with Gasteiger partial charge >= 0.3 is 0 Å². The monoisotopic (exact) mass is 280 g/mol. The van der Waals surface area contributed by atoms with Gasteiger partial charge in [-0.15, -0.1) is 11.3 Å². The molecule has 1 aliphatic rings. The van der Waals surface area contributed by atoms with E-state index in [1.807, 2.05) is 11.3 Å². The van der Waals surface area contributed by atoms with Crippen LogP contribution in [0.4, 0.5) is 0 Å². The largest absolute Gasteiger partial charge is 0.312 e. The lowest BCUT2D eigenvalue weighted by molar-refractivity contribution is 0.107. The first-order valence-corrected chi connectivity index (χ1v) is 8.53. The van der Waals surface area contributed by atoms with Crippen LogP contribution in [0.15, 0.2) is 17.5 Å². The second-order valence-corrected chi connectivity index (χ2v) is 7.17. The normalized spacial score (nSPS) is 18.9. The number of rotatable bonds is 7. The quantitative estimate of drug-likeness (QED) is 0.822. The van der Waals surface area contributed by atoms with Gasteiger partial charge in [-0.2, -0.15) is 0 Å². The molecule has 2 nitrogen and oxygen atoms in total. The number of hydrogen-bond donors (Lipinski definition) is 1. The molecule has 1 aromatic rings. The summed E-state index contributed by atoms with van der Waals surface area (Å²) in [4.78, 5) is 4.18. The number of nitrogens with zero attached hydrogens (tertiary/aromatic N) is 1. The minimum Gasteiger partial charge on any atom is -0.312 e. The molecule has 108 valence electrons. The zero-order valence-electron chi connectivity index (χ0n) is 12.6. The number of likely N-dealkylation sites (tertiary alicyclic amines) is 1. The Kier molecular flexibility index (Phi) is 5.43. The molecule has 0 aromatic carbocycles. The van der Waals surface area contributed by atoms with Crippen molar-refractivity contribution in [2.24, 2.45) is 0 Å². The summed E-state index contributed by atoms with van der Waals surface area (Å²) in [5.41, 5.74) is 0.246. The highest BCUT2D eigenvalue weighted by molar-refractivity contribution is 7.09. The topological polar surface area (TPSA) is 15.3 Å². The molecule has 1 unspecified atom stereocenters. The fraction of sp³-hybridized carbons (Fsp3) is 0.750. The molecule has 0 aliphatic carbocycles. The van der Waals surface area contributed by atoms with Crippen LogP contribution in [-0.2, 0) is 6.42 Å². The van der Waals surface area contributed by atoms with Crippen LogP contribution in [0.1, 0.15) is 44.9 Å². The van der Waals surface area contributed by atoms with E-state index in [2.05, 4.69) is 48.5 Å². The van der Waals surface area contributed by atoms with Crippen molar-refractivity contribution < 1.29 is 0 Å². The molecule has 19 heavy (non-hydrogen) atoms. The molecule has 0 bridgehead atoms. The van der Waals surface area contributed by atoms with E-state index >= 15 is 0 Å².